The monoisotopic (exact) mass is 286 g/mol. The van der Waals surface area contributed by atoms with Gasteiger partial charge in [0, 0.05) is 21.8 Å². The lowest BCUT2D eigenvalue weighted by Gasteiger charge is -2.14. The van der Waals surface area contributed by atoms with Gasteiger partial charge in [-0.1, -0.05) is 23.7 Å². The second-order valence-corrected chi connectivity index (χ2v) is 5.04. The lowest BCUT2D eigenvalue weighted by atomic mass is 10.1. The Labute approximate surface area is 123 Å². The van der Waals surface area contributed by atoms with Gasteiger partial charge in [0.15, 0.2) is 0 Å². The maximum absolute atomic E-state index is 8.81. The van der Waals surface area contributed by atoms with Crippen molar-refractivity contribution < 1.29 is 4.74 Å². The van der Waals surface area contributed by atoms with Crippen LogP contribution in [0.4, 0.5) is 5.69 Å². The maximum Gasteiger partial charge on any atom is 0.127 e. The normalized spacial score (nSPS) is 10.1. The van der Waals surface area contributed by atoms with Crippen molar-refractivity contribution in [2.24, 2.45) is 0 Å². The molecule has 0 bridgehead atoms. The molecule has 102 valence electrons. The summed E-state index contributed by atoms with van der Waals surface area (Å²) >= 11 is 6.13. The summed E-state index contributed by atoms with van der Waals surface area (Å²) in [6.45, 7) is 4.25. The molecule has 0 spiro atoms. The number of rotatable bonds is 3. The third-order valence-corrected chi connectivity index (χ3v) is 3.55. The number of nitrogens with zero attached hydrogens (tertiary/aromatic N) is 1. The molecule has 0 aliphatic rings. The quantitative estimate of drug-likeness (QED) is 0.868. The summed E-state index contributed by atoms with van der Waals surface area (Å²) in [5.74, 6) is 0.783. The third kappa shape index (κ3) is 2.87. The SMILES string of the molecule is Cc1ccc(N)c(C)c1OCc1ccc(C#N)cc1Cl. The Hall–Kier alpha value is -2.18. The van der Waals surface area contributed by atoms with Crippen molar-refractivity contribution in [3.63, 3.8) is 0 Å². The molecule has 0 atom stereocenters. The largest absolute Gasteiger partial charge is 0.488 e. The van der Waals surface area contributed by atoms with Gasteiger partial charge in [0.1, 0.15) is 12.4 Å². The van der Waals surface area contributed by atoms with Crippen LogP contribution in [0, 0.1) is 25.2 Å². The predicted octanol–water partition coefficient (Wildman–Crippen LogP) is 3.99. The van der Waals surface area contributed by atoms with Crippen LogP contribution in [0.2, 0.25) is 5.02 Å². The van der Waals surface area contributed by atoms with E-state index in [-0.39, 0.29) is 0 Å². The molecule has 2 N–H and O–H groups in total. The van der Waals surface area contributed by atoms with Crippen LogP contribution in [0.25, 0.3) is 0 Å². The molecule has 2 aromatic carbocycles. The summed E-state index contributed by atoms with van der Waals surface area (Å²) in [7, 11) is 0. The lowest BCUT2D eigenvalue weighted by molar-refractivity contribution is 0.302. The molecule has 0 aliphatic carbocycles. The van der Waals surface area contributed by atoms with E-state index in [0.29, 0.717) is 22.9 Å². The van der Waals surface area contributed by atoms with Gasteiger partial charge in [0.2, 0.25) is 0 Å². The Morgan fingerprint density at radius 1 is 1.25 bits per heavy atom. The first kappa shape index (κ1) is 14.2. The molecule has 4 heteroatoms. The highest BCUT2D eigenvalue weighted by Gasteiger charge is 2.09. The molecule has 0 heterocycles. The van der Waals surface area contributed by atoms with E-state index in [4.69, 9.17) is 27.3 Å². The summed E-state index contributed by atoms with van der Waals surface area (Å²) < 4.78 is 5.84. The van der Waals surface area contributed by atoms with Gasteiger partial charge in [-0.2, -0.15) is 5.26 Å². The standard InChI is InChI=1S/C16H15ClN2O/c1-10-3-6-15(19)11(2)16(10)20-9-13-5-4-12(8-18)7-14(13)17/h3-7H,9,19H2,1-2H3. The number of nitrogen functional groups attached to an aromatic ring is 1. The van der Waals surface area contributed by atoms with Gasteiger partial charge in [0.05, 0.1) is 11.6 Å². The van der Waals surface area contributed by atoms with Crippen LogP contribution in [-0.4, -0.2) is 0 Å². The number of nitriles is 1. The number of hydrogen-bond donors (Lipinski definition) is 1. The van der Waals surface area contributed by atoms with Gasteiger partial charge in [-0.05, 0) is 37.6 Å². The van der Waals surface area contributed by atoms with Gasteiger partial charge in [0.25, 0.3) is 0 Å². The Balaban J connectivity index is 2.22. The topological polar surface area (TPSA) is 59.0 Å². The van der Waals surface area contributed by atoms with E-state index in [9.17, 15) is 0 Å². The van der Waals surface area contributed by atoms with Crippen LogP contribution in [-0.2, 0) is 6.61 Å². The van der Waals surface area contributed by atoms with E-state index < -0.39 is 0 Å². The van der Waals surface area contributed by atoms with Crippen molar-refractivity contribution in [2.45, 2.75) is 20.5 Å². The van der Waals surface area contributed by atoms with Crippen LogP contribution in [0.5, 0.6) is 5.75 Å². The first-order chi connectivity index (χ1) is 9.52. The molecule has 0 saturated carbocycles. The van der Waals surface area contributed by atoms with Gasteiger partial charge in [-0.15, -0.1) is 0 Å². The molecular formula is C16H15ClN2O. The van der Waals surface area contributed by atoms with Crippen molar-refractivity contribution in [1.82, 2.24) is 0 Å². The summed E-state index contributed by atoms with van der Waals surface area (Å²) in [5.41, 5.74) is 9.92. The number of hydrogen-bond acceptors (Lipinski definition) is 3. The van der Waals surface area contributed by atoms with Gasteiger partial charge < -0.3 is 10.5 Å². The summed E-state index contributed by atoms with van der Waals surface area (Å²) in [6, 6.07) is 11.0. The summed E-state index contributed by atoms with van der Waals surface area (Å²) in [4.78, 5) is 0. The second-order valence-electron chi connectivity index (χ2n) is 4.63. The molecule has 20 heavy (non-hydrogen) atoms. The number of anilines is 1. The van der Waals surface area contributed by atoms with Crippen molar-refractivity contribution >= 4 is 17.3 Å². The van der Waals surface area contributed by atoms with Crippen LogP contribution in [0.3, 0.4) is 0 Å². The first-order valence-corrected chi connectivity index (χ1v) is 6.57. The molecule has 0 unspecified atom stereocenters. The molecule has 2 aromatic rings. The molecule has 0 radical (unpaired) electrons. The lowest BCUT2D eigenvalue weighted by Crippen LogP contribution is -2.02. The summed E-state index contributed by atoms with van der Waals surface area (Å²) in [5, 5.41) is 9.34. The molecule has 0 aromatic heterocycles. The van der Waals surface area contributed by atoms with Crippen LogP contribution in [0.15, 0.2) is 30.3 Å². The molecule has 0 fully saturated rings. The van der Waals surface area contributed by atoms with Crippen molar-refractivity contribution in [2.75, 3.05) is 5.73 Å². The van der Waals surface area contributed by atoms with E-state index in [1.165, 1.54) is 0 Å². The van der Waals surface area contributed by atoms with E-state index in [1.54, 1.807) is 18.2 Å². The highest BCUT2D eigenvalue weighted by Crippen LogP contribution is 2.29. The molecule has 2 rings (SSSR count). The van der Waals surface area contributed by atoms with Crippen molar-refractivity contribution in [3.8, 4) is 11.8 Å². The predicted molar refractivity (Wildman–Crippen MR) is 80.8 cm³/mol. The van der Waals surface area contributed by atoms with E-state index >= 15 is 0 Å². The number of nitrogens with two attached hydrogens (primary N) is 1. The number of aryl methyl sites for hydroxylation is 1. The van der Waals surface area contributed by atoms with E-state index in [1.807, 2.05) is 26.0 Å². The Kier molecular flexibility index (Phi) is 4.16. The molecule has 3 nitrogen and oxygen atoms in total. The number of ether oxygens (including phenoxy) is 1. The van der Waals surface area contributed by atoms with E-state index in [2.05, 4.69) is 6.07 Å². The fourth-order valence-electron chi connectivity index (χ4n) is 1.95. The minimum absolute atomic E-state index is 0.343. The van der Waals surface area contributed by atoms with Gasteiger partial charge in [-0.3, -0.25) is 0 Å². The van der Waals surface area contributed by atoms with Crippen molar-refractivity contribution in [3.05, 3.63) is 57.6 Å². The van der Waals surface area contributed by atoms with Crippen LogP contribution >= 0.6 is 11.6 Å². The average molecular weight is 287 g/mol. The Morgan fingerprint density at radius 2 is 2.00 bits per heavy atom. The average Bonchev–Trinajstić information content (AvgIpc) is 2.44. The van der Waals surface area contributed by atoms with Crippen molar-refractivity contribution in [1.29, 1.82) is 5.26 Å². The van der Waals surface area contributed by atoms with Crippen LogP contribution < -0.4 is 10.5 Å². The fourth-order valence-corrected chi connectivity index (χ4v) is 2.18. The third-order valence-electron chi connectivity index (χ3n) is 3.20. The zero-order chi connectivity index (χ0) is 14.7. The first-order valence-electron chi connectivity index (χ1n) is 6.20. The molecular weight excluding hydrogens is 272 g/mol. The minimum Gasteiger partial charge on any atom is -0.488 e. The van der Waals surface area contributed by atoms with Gasteiger partial charge >= 0.3 is 0 Å². The zero-order valence-corrected chi connectivity index (χ0v) is 12.2. The Bertz CT molecular complexity index is 690. The molecule has 0 amide bonds. The number of benzene rings is 2. The smallest absolute Gasteiger partial charge is 0.127 e. The van der Waals surface area contributed by atoms with Gasteiger partial charge in [-0.25, -0.2) is 0 Å². The highest BCUT2D eigenvalue weighted by molar-refractivity contribution is 6.31. The molecule has 0 aliphatic heterocycles. The number of halogens is 1. The second kappa shape index (κ2) is 5.85. The minimum atomic E-state index is 0.343. The fraction of sp³-hybridized carbons (Fsp3) is 0.188. The maximum atomic E-state index is 8.81. The molecule has 0 saturated heterocycles. The summed E-state index contributed by atoms with van der Waals surface area (Å²) in [6.07, 6.45) is 0. The van der Waals surface area contributed by atoms with E-state index in [0.717, 1.165) is 22.4 Å². The van der Waals surface area contributed by atoms with Crippen LogP contribution in [0.1, 0.15) is 22.3 Å². The Morgan fingerprint density at radius 3 is 2.65 bits per heavy atom. The highest BCUT2D eigenvalue weighted by atomic mass is 35.5. The zero-order valence-electron chi connectivity index (χ0n) is 11.4.